The molecule has 0 aromatic heterocycles. The lowest BCUT2D eigenvalue weighted by molar-refractivity contribution is -0.121. The van der Waals surface area contributed by atoms with Gasteiger partial charge in [-0.3, -0.25) is 9.79 Å². The summed E-state index contributed by atoms with van der Waals surface area (Å²) in [5.41, 5.74) is 0.470. The molecule has 0 unspecified atom stereocenters. The summed E-state index contributed by atoms with van der Waals surface area (Å²) in [4.78, 5) is 16.1. The van der Waals surface area contributed by atoms with Crippen molar-refractivity contribution in [2.24, 2.45) is 10.4 Å². The second-order valence-corrected chi connectivity index (χ2v) is 6.86. The summed E-state index contributed by atoms with van der Waals surface area (Å²) in [6.07, 6.45) is 10.5. The lowest BCUT2D eigenvalue weighted by atomic mass is 9.67. The minimum Gasteiger partial charge on any atom is -0.356 e. The Labute approximate surface area is 134 Å². The zero-order valence-electron chi connectivity index (χ0n) is 14.2. The van der Waals surface area contributed by atoms with E-state index >= 15 is 0 Å². The van der Waals surface area contributed by atoms with Gasteiger partial charge in [-0.1, -0.05) is 26.2 Å². The van der Waals surface area contributed by atoms with Crippen molar-refractivity contribution in [2.75, 3.05) is 20.1 Å². The zero-order valence-corrected chi connectivity index (χ0v) is 14.2. The van der Waals surface area contributed by atoms with Crippen LogP contribution >= 0.6 is 0 Å². The standard InChI is InChI=1S/C17H32N4O/c1-3-17(10-6-11-17)13-20-16(18-2)19-12-9-15(22)21-14-7-4-5-8-14/h14H,3-13H2,1-2H3,(H,21,22)(H2,18,19,20). The second kappa shape index (κ2) is 8.39. The van der Waals surface area contributed by atoms with Crippen LogP contribution < -0.4 is 16.0 Å². The van der Waals surface area contributed by atoms with Crippen LogP contribution in [0.4, 0.5) is 0 Å². The van der Waals surface area contributed by atoms with E-state index in [4.69, 9.17) is 0 Å². The minimum absolute atomic E-state index is 0.152. The maximum Gasteiger partial charge on any atom is 0.221 e. The van der Waals surface area contributed by atoms with Gasteiger partial charge in [-0.15, -0.1) is 0 Å². The lowest BCUT2D eigenvalue weighted by Crippen LogP contribution is -2.46. The summed E-state index contributed by atoms with van der Waals surface area (Å²) in [5.74, 6) is 0.965. The number of carbonyl (C=O) groups excluding carboxylic acids is 1. The van der Waals surface area contributed by atoms with Crippen LogP contribution in [0.2, 0.25) is 0 Å². The van der Waals surface area contributed by atoms with Crippen molar-refractivity contribution in [2.45, 2.75) is 70.8 Å². The number of carbonyl (C=O) groups is 1. The molecular weight excluding hydrogens is 276 g/mol. The number of rotatable bonds is 7. The molecule has 0 spiro atoms. The highest BCUT2D eigenvalue weighted by molar-refractivity contribution is 5.81. The molecule has 2 aliphatic carbocycles. The van der Waals surface area contributed by atoms with Crippen LogP contribution in [0.3, 0.4) is 0 Å². The predicted octanol–water partition coefficient (Wildman–Crippen LogP) is 2.18. The van der Waals surface area contributed by atoms with Gasteiger partial charge in [0.05, 0.1) is 0 Å². The van der Waals surface area contributed by atoms with Crippen LogP contribution in [0.15, 0.2) is 4.99 Å². The van der Waals surface area contributed by atoms with Crippen molar-refractivity contribution in [1.82, 2.24) is 16.0 Å². The predicted molar refractivity (Wildman–Crippen MR) is 91.0 cm³/mol. The molecule has 2 aliphatic rings. The third-order valence-electron chi connectivity index (χ3n) is 5.38. The monoisotopic (exact) mass is 308 g/mol. The fourth-order valence-electron chi connectivity index (χ4n) is 3.49. The number of amides is 1. The average Bonchev–Trinajstić information content (AvgIpc) is 2.97. The Balaban J connectivity index is 1.60. The van der Waals surface area contributed by atoms with Gasteiger partial charge in [0.25, 0.3) is 0 Å². The number of aliphatic imine (C=N–C) groups is 1. The quantitative estimate of drug-likeness (QED) is 0.499. The van der Waals surface area contributed by atoms with Crippen LogP contribution in [0, 0.1) is 5.41 Å². The fraction of sp³-hybridized carbons (Fsp3) is 0.882. The van der Waals surface area contributed by atoms with Crippen LogP contribution in [0.25, 0.3) is 0 Å². The first-order valence-electron chi connectivity index (χ1n) is 8.91. The van der Waals surface area contributed by atoms with Gasteiger partial charge in [0.2, 0.25) is 5.91 Å². The van der Waals surface area contributed by atoms with E-state index in [2.05, 4.69) is 27.9 Å². The van der Waals surface area contributed by atoms with Crippen LogP contribution in [-0.4, -0.2) is 38.0 Å². The Morgan fingerprint density at radius 3 is 2.45 bits per heavy atom. The third kappa shape index (κ3) is 4.89. The molecule has 5 heteroatoms. The topological polar surface area (TPSA) is 65.5 Å². The molecule has 2 saturated carbocycles. The molecule has 0 radical (unpaired) electrons. The number of guanidine groups is 1. The van der Waals surface area contributed by atoms with E-state index in [9.17, 15) is 4.79 Å². The van der Waals surface area contributed by atoms with Gasteiger partial charge in [-0.25, -0.2) is 0 Å². The maximum atomic E-state index is 11.9. The molecule has 5 nitrogen and oxygen atoms in total. The van der Waals surface area contributed by atoms with Crippen molar-refractivity contribution in [1.29, 1.82) is 0 Å². The van der Waals surface area contributed by atoms with Gasteiger partial charge in [-0.05, 0) is 37.5 Å². The van der Waals surface area contributed by atoms with E-state index in [1.807, 2.05) is 0 Å². The number of nitrogens with zero attached hydrogens (tertiary/aromatic N) is 1. The van der Waals surface area contributed by atoms with E-state index in [1.165, 1.54) is 38.5 Å². The van der Waals surface area contributed by atoms with E-state index in [-0.39, 0.29) is 5.91 Å². The first kappa shape index (κ1) is 17.1. The van der Waals surface area contributed by atoms with Crippen molar-refractivity contribution < 1.29 is 4.79 Å². The SMILES string of the molecule is CCC1(CNC(=NC)NCCC(=O)NC2CCCC2)CCC1. The molecule has 0 bridgehead atoms. The van der Waals surface area contributed by atoms with E-state index in [0.29, 0.717) is 24.4 Å². The summed E-state index contributed by atoms with van der Waals surface area (Å²) in [5, 5.41) is 9.78. The highest BCUT2D eigenvalue weighted by Crippen LogP contribution is 2.42. The molecule has 0 aliphatic heterocycles. The molecule has 1 amide bonds. The molecular formula is C17H32N4O. The third-order valence-corrected chi connectivity index (χ3v) is 5.38. The summed E-state index contributed by atoms with van der Waals surface area (Å²) in [6, 6.07) is 0.410. The minimum atomic E-state index is 0.152. The Morgan fingerprint density at radius 2 is 1.91 bits per heavy atom. The molecule has 0 aromatic carbocycles. The van der Waals surface area contributed by atoms with Gasteiger partial charge < -0.3 is 16.0 Å². The van der Waals surface area contributed by atoms with E-state index in [1.54, 1.807) is 7.05 Å². The molecule has 2 rings (SSSR count). The molecule has 3 N–H and O–H groups in total. The maximum absolute atomic E-state index is 11.9. The molecule has 0 aromatic rings. The van der Waals surface area contributed by atoms with E-state index < -0.39 is 0 Å². The van der Waals surface area contributed by atoms with Crippen LogP contribution in [-0.2, 0) is 4.79 Å². The van der Waals surface area contributed by atoms with Crippen LogP contribution in [0.1, 0.15) is 64.7 Å². The van der Waals surface area contributed by atoms with E-state index in [0.717, 1.165) is 25.3 Å². The fourth-order valence-corrected chi connectivity index (χ4v) is 3.49. The molecule has 0 atom stereocenters. The Morgan fingerprint density at radius 1 is 1.18 bits per heavy atom. The second-order valence-electron chi connectivity index (χ2n) is 6.86. The number of hydrogen-bond donors (Lipinski definition) is 3. The first-order valence-corrected chi connectivity index (χ1v) is 8.91. The van der Waals surface area contributed by atoms with Crippen molar-refractivity contribution >= 4 is 11.9 Å². The molecule has 0 saturated heterocycles. The molecule has 2 fully saturated rings. The Bertz CT molecular complexity index is 379. The lowest BCUT2D eigenvalue weighted by Gasteiger charge is -2.41. The van der Waals surface area contributed by atoms with Gasteiger partial charge in [0, 0.05) is 32.6 Å². The summed E-state index contributed by atoms with van der Waals surface area (Å²) >= 11 is 0. The Hall–Kier alpha value is -1.26. The van der Waals surface area contributed by atoms with Crippen molar-refractivity contribution in [3.8, 4) is 0 Å². The molecule has 126 valence electrons. The normalized spacial score (nSPS) is 21.3. The first-order chi connectivity index (χ1) is 10.7. The zero-order chi connectivity index (χ0) is 15.8. The van der Waals surface area contributed by atoms with Gasteiger partial charge >= 0.3 is 0 Å². The summed E-state index contributed by atoms with van der Waals surface area (Å²) in [6.45, 7) is 3.89. The smallest absolute Gasteiger partial charge is 0.221 e. The van der Waals surface area contributed by atoms with Crippen molar-refractivity contribution in [3.05, 3.63) is 0 Å². The largest absolute Gasteiger partial charge is 0.356 e. The summed E-state index contributed by atoms with van der Waals surface area (Å²) in [7, 11) is 1.79. The highest BCUT2D eigenvalue weighted by Gasteiger charge is 2.34. The summed E-state index contributed by atoms with van der Waals surface area (Å²) < 4.78 is 0. The average molecular weight is 308 g/mol. The van der Waals surface area contributed by atoms with Gasteiger partial charge in [0.1, 0.15) is 0 Å². The Kier molecular flexibility index (Phi) is 6.52. The molecule has 0 heterocycles. The number of nitrogens with one attached hydrogen (secondary N) is 3. The van der Waals surface area contributed by atoms with Crippen molar-refractivity contribution in [3.63, 3.8) is 0 Å². The number of hydrogen-bond acceptors (Lipinski definition) is 2. The molecule has 22 heavy (non-hydrogen) atoms. The van der Waals surface area contributed by atoms with Gasteiger partial charge in [0.15, 0.2) is 5.96 Å². The van der Waals surface area contributed by atoms with Crippen LogP contribution in [0.5, 0.6) is 0 Å². The van der Waals surface area contributed by atoms with Gasteiger partial charge in [-0.2, -0.15) is 0 Å². The highest BCUT2D eigenvalue weighted by atomic mass is 16.1.